The van der Waals surface area contributed by atoms with Gasteiger partial charge in [-0.05, 0) is 45.2 Å². The Hall–Kier alpha value is 0.800. The van der Waals surface area contributed by atoms with Gasteiger partial charge in [0.05, 0.1) is 6.54 Å². The van der Waals surface area contributed by atoms with Crippen molar-refractivity contribution in [3.8, 4) is 0 Å². The summed E-state index contributed by atoms with van der Waals surface area (Å²) in [5, 5.41) is 7.58. The molecule has 0 saturated carbocycles. The fraction of sp³-hybridized carbons (Fsp3) is 0.333. The number of rotatable bonds is 0. The number of azo groups is 1. The van der Waals surface area contributed by atoms with Crippen LogP contribution in [-0.2, 0) is 0 Å². The molecule has 0 spiro atoms. The van der Waals surface area contributed by atoms with E-state index in [1.165, 1.54) is 3.58 Å². The van der Waals surface area contributed by atoms with Gasteiger partial charge in [0.2, 0.25) is 0 Å². The van der Waals surface area contributed by atoms with Crippen LogP contribution in [0.4, 0.5) is 0 Å². The molecule has 0 saturated heterocycles. The van der Waals surface area contributed by atoms with Crippen molar-refractivity contribution in [1.29, 1.82) is 0 Å². The van der Waals surface area contributed by atoms with Crippen LogP contribution in [-0.4, -0.2) is 6.54 Å². The Balaban J connectivity index is 2.79. The first-order chi connectivity index (χ1) is 3.30. The highest BCUT2D eigenvalue weighted by Gasteiger charge is 2.02. The van der Waals surface area contributed by atoms with Crippen molar-refractivity contribution in [3.63, 3.8) is 0 Å². The molecule has 0 radical (unpaired) electrons. The lowest BCUT2D eigenvalue weighted by atomic mass is 10.6. The summed E-state index contributed by atoms with van der Waals surface area (Å²) >= 11 is 4.41. The van der Waals surface area contributed by atoms with Gasteiger partial charge in [0.25, 0.3) is 0 Å². The molecule has 0 aromatic heterocycles. The van der Waals surface area contributed by atoms with Crippen LogP contribution in [0.3, 0.4) is 0 Å². The zero-order valence-corrected chi connectivity index (χ0v) is 7.67. The first-order valence-electron chi connectivity index (χ1n) is 1.72. The lowest BCUT2D eigenvalue weighted by molar-refractivity contribution is 1.13. The smallest absolute Gasteiger partial charge is 0.134 e. The van der Waals surface area contributed by atoms with E-state index in [0.717, 1.165) is 10.2 Å². The van der Waals surface area contributed by atoms with Gasteiger partial charge >= 0.3 is 0 Å². The molecule has 38 valence electrons. The van der Waals surface area contributed by atoms with Crippen LogP contribution in [0, 0.1) is 0 Å². The molecule has 1 aliphatic heterocycles. The molecule has 0 bridgehead atoms. The van der Waals surface area contributed by atoms with Crippen LogP contribution in [0.15, 0.2) is 17.5 Å². The third-order valence-electron chi connectivity index (χ3n) is 0.592. The summed E-state index contributed by atoms with van der Waals surface area (Å²) in [5.74, 6) is 0. The summed E-state index contributed by atoms with van der Waals surface area (Å²) in [6, 6.07) is 0. The quantitative estimate of drug-likeness (QED) is 0.484. The van der Waals surface area contributed by atoms with Gasteiger partial charge in [0, 0.05) is 3.58 Å². The van der Waals surface area contributed by atoms with Gasteiger partial charge in [-0.1, -0.05) is 0 Å². The highest BCUT2D eigenvalue weighted by molar-refractivity contribution is 14.1. The van der Waals surface area contributed by atoms with Gasteiger partial charge < -0.3 is 0 Å². The van der Waals surface area contributed by atoms with Gasteiger partial charge in [0.1, 0.15) is 3.70 Å². The van der Waals surface area contributed by atoms with Crippen molar-refractivity contribution in [1.82, 2.24) is 0 Å². The third kappa shape index (κ3) is 1.34. The van der Waals surface area contributed by atoms with E-state index in [9.17, 15) is 0 Å². The molecule has 0 aromatic carbocycles. The molecule has 2 nitrogen and oxygen atoms in total. The minimum absolute atomic E-state index is 0.791. The molecular weight excluding hydrogens is 318 g/mol. The third-order valence-corrected chi connectivity index (χ3v) is 3.34. The van der Waals surface area contributed by atoms with Gasteiger partial charge in [-0.3, -0.25) is 0 Å². The standard InChI is InChI=1S/C3H2I2N2/c4-2-1-6-7-3(2)5/h1H2. The molecule has 0 aliphatic carbocycles. The zero-order valence-electron chi connectivity index (χ0n) is 3.36. The summed E-state index contributed by atoms with van der Waals surface area (Å²) in [7, 11) is 0. The van der Waals surface area contributed by atoms with Crippen molar-refractivity contribution in [3.05, 3.63) is 7.28 Å². The fourth-order valence-corrected chi connectivity index (χ4v) is 0.863. The normalized spacial score (nSPS) is 19.1. The lowest BCUT2D eigenvalue weighted by Crippen LogP contribution is -1.67. The van der Waals surface area contributed by atoms with Crippen LogP contribution in [0.2, 0.25) is 0 Å². The largest absolute Gasteiger partial charge is 0.183 e. The van der Waals surface area contributed by atoms with E-state index in [1.54, 1.807) is 0 Å². The summed E-state index contributed by atoms with van der Waals surface area (Å²) in [6.45, 7) is 0.791. The molecule has 0 amide bonds. The van der Waals surface area contributed by atoms with Crippen molar-refractivity contribution in [2.45, 2.75) is 0 Å². The molecule has 1 rings (SSSR count). The fourth-order valence-electron chi connectivity index (χ4n) is 0.279. The van der Waals surface area contributed by atoms with E-state index >= 15 is 0 Å². The van der Waals surface area contributed by atoms with Gasteiger partial charge in [-0.25, -0.2) is 0 Å². The monoisotopic (exact) mass is 320 g/mol. The summed E-state index contributed by atoms with van der Waals surface area (Å²) in [6.07, 6.45) is 0. The first kappa shape index (κ1) is 5.93. The molecule has 1 aliphatic rings. The number of hydrogen-bond donors (Lipinski definition) is 0. The minimum Gasteiger partial charge on any atom is -0.183 e. The van der Waals surface area contributed by atoms with E-state index in [2.05, 4.69) is 55.4 Å². The molecule has 0 atom stereocenters. The molecule has 7 heavy (non-hydrogen) atoms. The van der Waals surface area contributed by atoms with Crippen LogP contribution in [0.5, 0.6) is 0 Å². The van der Waals surface area contributed by atoms with E-state index < -0.39 is 0 Å². The Morgan fingerprint density at radius 3 is 2.29 bits per heavy atom. The Bertz CT molecular complexity index is 138. The summed E-state index contributed by atoms with van der Waals surface area (Å²) in [5.41, 5.74) is 0. The molecule has 0 N–H and O–H groups in total. The number of halogens is 2. The summed E-state index contributed by atoms with van der Waals surface area (Å²) in [4.78, 5) is 0. The second-order valence-corrected chi connectivity index (χ2v) is 3.42. The van der Waals surface area contributed by atoms with Crippen LogP contribution < -0.4 is 0 Å². The van der Waals surface area contributed by atoms with E-state index in [1.807, 2.05) is 0 Å². The van der Waals surface area contributed by atoms with E-state index in [0.29, 0.717) is 0 Å². The van der Waals surface area contributed by atoms with Crippen LogP contribution >= 0.6 is 45.2 Å². The number of hydrogen-bond acceptors (Lipinski definition) is 2. The Labute approximate surface area is 68.7 Å². The molecule has 0 fully saturated rings. The molecule has 1 heterocycles. The zero-order chi connectivity index (χ0) is 5.28. The highest BCUT2D eigenvalue weighted by Crippen LogP contribution is 2.25. The van der Waals surface area contributed by atoms with Crippen molar-refractivity contribution >= 4 is 45.2 Å². The molecule has 0 unspecified atom stereocenters. The minimum atomic E-state index is 0.791. The average Bonchev–Trinajstić information content (AvgIpc) is 1.91. The van der Waals surface area contributed by atoms with Crippen LogP contribution in [0.25, 0.3) is 0 Å². The van der Waals surface area contributed by atoms with Crippen LogP contribution in [0.1, 0.15) is 0 Å². The Kier molecular flexibility index (Phi) is 2.02. The molecule has 0 aromatic rings. The SMILES string of the molecule is IC1=C(I)N=NC1. The predicted octanol–water partition coefficient (Wildman–Crippen LogP) is 2.49. The Morgan fingerprint density at radius 2 is 2.14 bits per heavy atom. The molecule has 4 heteroatoms. The first-order valence-corrected chi connectivity index (χ1v) is 3.88. The second-order valence-electron chi connectivity index (χ2n) is 1.10. The highest BCUT2D eigenvalue weighted by atomic mass is 127. The molecular formula is C3H2I2N2. The van der Waals surface area contributed by atoms with Gasteiger partial charge in [0.15, 0.2) is 0 Å². The van der Waals surface area contributed by atoms with Gasteiger partial charge in [-0.2, -0.15) is 5.11 Å². The lowest BCUT2D eigenvalue weighted by Gasteiger charge is -1.78. The average molecular weight is 320 g/mol. The topological polar surface area (TPSA) is 24.7 Å². The van der Waals surface area contributed by atoms with Crippen molar-refractivity contribution in [2.24, 2.45) is 10.2 Å². The van der Waals surface area contributed by atoms with Gasteiger partial charge in [-0.15, -0.1) is 5.11 Å². The van der Waals surface area contributed by atoms with Crippen molar-refractivity contribution < 1.29 is 0 Å². The van der Waals surface area contributed by atoms with E-state index in [4.69, 9.17) is 0 Å². The second kappa shape index (κ2) is 2.38. The maximum atomic E-state index is 3.80. The maximum Gasteiger partial charge on any atom is 0.134 e. The maximum absolute atomic E-state index is 3.80. The summed E-state index contributed by atoms with van der Waals surface area (Å²) < 4.78 is 2.29. The Morgan fingerprint density at radius 1 is 1.43 bits per heavy atom. The van der Waals surface area contributed by atoms with Crippen molar-refractivity contribution in [2.75, 3.05) is 6.54 Å². The number of nitrogens with zero attached hydrogens (tertiary/aromatic N) is 2. The predicted molar refractivity (Wildman–Crippen MR) is 44.8 cm³/mol. The van der Waals surface area contributed by atoms with E-state index in [-0.39, 0.29) is 0 Å².